The lowest BCUT2D eigenvalue weighted by atomic mass is 10.0. The molecular formula is C11H14F2N2O2. The Bertz CT molecular complexity index is 422. The molecule has 0 saturated carbocycles. The second-order valence-electron chi connectivity index (χ2n) is 3.38. The molecule has 0 spiro atoms. The molecule has 0 radical (unpaired) electrons. The number of esters is 1. The summed E-state index contributed by atoms with van der Waals surface area (Å²) in [4.78, 5) is 15.5. The van der Waals surface area contributed by atoms with Gasteiger partial charge in [0.1, 0.15) is 0 Å². The molecule has 2 N–H and O–H groups in total. The number of ether oxygens (including phenoxy) is 1. The molecule has 4 nitrogen and oxygen atoms in total. The molecule has 0 aliphatic carbocycles. The van der Waals surface area contributed by atoms with Crippen molar-refractivity contribution in [1.29, 1.82) is 0 Å². The van der Waals surface area contributed by atoms with E-state index in [4.69, 9.17) is 10.5 Å². The molecule has 0 fully saturated rings. The van der Waals surface area contributed by atoms with E-state index in [0.717, 1.165) is 0 Å². The first-order valence-corrected chi connectivity index (χ1v) is 5.16. The highest BCUT2D eigenvalue weighted by atomic mass is 19.3. The van der Waals surface area contributed by atoms with Crippen molar-refractivity contribution in [3.05, 3.63) is 28.6 Å². The van der Waals surface area contributed by atoms with Gasteiger partial charge in [-0.3, -0.25) is 4.98 Å². The van der Waals surface area contributed by atoms with Crippen LogP contribution >= 0.6 is 0 Å². The van der Waals surface area contributed by atoms with Gasteiger partial charge in [0, 0.05) is 18.4 Å². The Labute approximate surface area is 97.8 Å². The van der Waals surface area contributed by atoms with Gasteiger partial charge in [0.05, 0.1) is 17.7 Å². The highest BCUT2D eigenvalue weighted by molar-refractivity contribution is 5.93. The Balaban J connectivity index is 3.40. The topological polar surface area (TPSA) is 65.2 Å². The zero-order valence-corrected chi connectivity index (χ0v) is 9.67. The summed E-state index contributed by atoms with van der Waals surface area (Å²) in [5, 5.41) is 0. The summed E-state index contributed by atoms with van der Waals surface area (Å²) in [6.45, 7) is 3.11. The summed E-state index contributed by atoms with van der Waals surface area (Å²) in [5.41, 5.74) is 5.24. The molecule has 6 heteroatoms. The molecule has 1 aromatic rings. The number of nitrogens with zero attached hydrogens (tertiary/aromatic N) is 1. The Kier molecular flexibility index (Phi) is 4.51. The van der Waals surface area contributed by atoms with Crippen molar-refractivity contribution in [2.75, 3.05) is 6.61 Å². The Hall–Kier alpha value is -1.56. The van der Waals surface area contributed by atoms with E-state index in [2.05, 4.69) is 4.98 Å². The molecule has 17 heavy (non-hydrogen) atoms. The number of alkyl halides is 2. The van der Waals surface area contributed by atoms with Gasteiger partial charge in [0.2, 0.25) is 0 Å². The second kappa shape index (κ2) is 5.67. The van der Waals surface area contributed by atoms with Crippen molar-refractivity contribution in [2.24, 2.45) is 5.73 Å². The number of hydrogen-bond acceptors (Lipinski definition) is 4. The smallest absolute Gasteiger partial charge is 0.339 e. The molecule has 0 aromatic carbocycles. The number of hydrogen-bond donors (Lipinski definition) is 1. The lowest BCUT2D eigenvalue weighted by Crippen LogP contribution is -2.16. The minimum absolute atomic E-state index is 0.0405. The van der Waals surface area contributed by atoms with Gasteiger partial charge in [-0.05, 0) is 19.4 Å². The fraction of sp³-hybridized carbons (Fsp3) is 0.455. The number of aryl methyl sites for hydroxylation is 1. The van der Waals surface area contributed by atoms with Crippen molar-refractivity contribution >= 4 is 5.97 Å². The summed E-state index contributed by atoms with van der Waals surface area (Å²) in [6, 6.07) is 0. The van der Waals surface area contributed by atoms with Crippen molar-refractivity contribution in [3.63, 3.8) is 0 Å². The van der Waals surface area contributed by atoms with Crippen LogP contribution in [0.25, 0.3) is 0 Å². The molecule has 0 unspecified atom stereocenters. The molecule has 1 heterocycles. The van der Waals surface area contributed by atoms with Gasteiger partial charge in [-0.15, -0.1) is 0 Å². The van der Waals surface area contributed by atoms with Crippen molar-refractivity contribution in [2.45, 2.75) is 26.8 Å². The van der Waals surface area contributed by atoms with E-state index in [1.54, 1.807) is 6.92 Å². The van der Waals surface area contributed by atoms with E-state index in [-0.39, 0.29) is 30.0 Å². The summed E-state index contributed by atoms with van der Waals surface area (Å²) in [5.74, 6) is -0.784. The maximum atomic E-state index is 12.9. The molecule has 0 saturated heterocycles. The lowest BCUT2D eigenvalue weighted by Gasteiger charge is -2.13. The third-order valence-corrected chi connectivity index (χ3v) is 2.31. The lowest BCUT2D eigenvalue weighted by molar-refractivity contribution is 0.0513. The van der Waals surface area contributed by atoms with Crippen LogP contribution < -0.4 is 5.73 Å². The van der Waals surface area contributed by atoms with Gasteiger partial charge in [-0.2, -0.15) is 0 Å². The minimum atomic E-state index is -2.78. The summed E-state index contributed by atoms with van der Waals surface area (Å²) >= 11 is 0. The third kappa shape index (κ3) is 2.76. The number of carbonyl (C=O) groups is 1. The first-order valence-electron chi connectivity index (χ1n) is 5.16. The van der Waals surface area contributed by atoms with Crippen molar-refractivity contribution in [1.82, 2.24) is 4.98 Å². The molecular weight excluding hydrogens is 230 g/mol. The summed E-state index contributed by atoms with van der Waals surface area (Å²) in [6.07, 6.45) is -1.46. The number of pyridine rings is 1. The molecule has 0 aliphatic heterocycles. The molecule has 1 rings (SSSR count). The van der Waals surface area contributed by atoms with Crippen LogP contribution in [0.15, 0.2) is 6.20 Å². The summed E-state index contributed by atoms with van der Waals surface area (Å²) in [7, 11) is 0. The summed E-state index contributed by atoms with van der Waals surface area (Å²) < 4.78 is 30.6. The van der Waals surface area contributed by atoms with Gasteiger partial charge in [0.25, 0.3) is 6.43 Å². The van der Waals surface area contributed by atoms with Crippen LogP contribution in [0.5, 0.6) is 0 Å². The monoisotopic (exact) mass is 244 g/mol. The van der Waals surface area contributed by atoms with Gasteiger partial charge >= 0.3 is 5.97 Å². The SMILES string of the molecule is CCOC(=O)c1c(CN)cnc(C)c1C(F)F. The van der Waals surface area contributed by atoms with Crippen LogP contribution in [0.1, 0.15) is 40.5 Å². The van der Waals surface area contributed by atoms with Crippen LogP contribution in [0.4, 0.5) is 8.78 Å². The largest absolute Gasteiger partial charge is 0.462 e. The second-order valence-corrected chi connectivity index (χ2v) is 3.38. The fourth-order valence-electron chi connectivity index (χ4n) is 1.53. The first kappa shape index (κ1) is 13.5. The van der Waals surface area contributed by atoms with Crippen LogP contribution in [0, 0.1) is 6.92 Å². The highest BCUT2D eigenvalue weighted by Gasteiger charge is 2.25. The molecule has 0 aliphatic rings. The average Bonchev–Trinajstić information content (AvgIpc) is 2.28. The number of nitrogens with two attached hydrogens (primary N) is 1. The van der Waals surface area contributed by atoms with Gasteiger partial charge in [0.15, 0.2) is 0 Å². The highest BCUT2D eigenvalue weighted by Crippen LogP contribution is 2.28. The van der Waals surface area contributed by atoms with E-state index in [9.17, 15) is 13.6 Å². The molecule has 0 amide bonds. The molecule has 94 valence electrons. The number of carbonyl (C=O) groups excluding carboxylic acids is 1. The van der Waals surface area contributed by atoms with Gasteiger partial charge in [-0.25, -0.2) is 13.6 Å². The van der Waals surface area contributed by atoms with Crippen LogP contribution in [0.3, 0.4) is 0 Å². The zero-order valence-electron chi connectivity index (χ0n) is 9.67. The Morgan fingerprint density at radius 1 is 1.59 bits per heavy atom. The van der Waals surface area contributed by atoms with E-state index in [0.29, 0.717) is 0 Å². The third-order valence-electron chi connectivity index (χ3n) is 2.31. The van der Waals surface area contributed by atoms with E-state index >= 15 is 0 Å². The van der Waals surface area contributed by atoms with Gasteiger partial charge < -0.3 is 10.5 Å². The zero-order chi connectivity index (χ0) is 13.0. The maximum absolute atomic E-state index is 12.9. The number of halogens is 2. The Morgan fingerprint density at radius 2 is 2.24 bits per heavy atom. The van der Waals surface area contributed by atoms with E-state index < -0.39 is 18.0 Å². The van der Waals surface area contributed by atoms with Gasteiger partial charge in [-0.1, -0.05) is 0 Å². The van der Waals surface area contributed by atoms with Crippen LogP contribution in [-0.4, -0.2) is 17.6 Å². The standard InChI is InChI=1S/C11H14F2N2O2/c1-3-17-11(16)9-7(4-14)5-15-6(2)8(9)10(12)13/h5,10H,3-4,14H2,1-2H3. The molecule has 0 bridgehead atoms. The van der Waals surface area contributed by atoms with Crippen LogP contribution in [-0.2, 0) is 11.3 Å². The number of aromatic nitrogens is 1. The quantitative estimate of drug-likeness (QED) is 0.822. The normalized spacial score (nSPS) is 10.7. The minimum Gasteiger partial charge on any atom is -0.462 e. The fourth-order valence-corrected chi connectivity index (χ4v) is 1.53. The first-order chi connectivity index (χ1) is 8.02. The van der Waals surface area contributed by atoms with E-state index in [1.807, 2.05) is 0 Å². The predicted molar refractivity (Wildman–Crippen MR) is 57.8 cm³/mol. The Morgan fingerprint density at radius 3 is 2.71 bits per heavy atom. The maximum Gasteiger partial charge on any atom is 0.339 e. The average molecular weight is 244 g/mol. The van der Waals surface area contributed by atoms with Crippen molar-refractivity contribution < 1.29 is 18.3 Å². The number of rotatable bonds is 4. The van der Waals surface area contributed by atoms with Crippen molar-refractivity contribution in [3.8, 4) is 0 Å². The molecule has 1 aromatic heterocycles. The van der Waals surface area contributed by atoms with E-state index in [1.165, 1.54) is 13.1 Å². The van der Waals surface area contributed by atoms with Crippen LogP contribution in [0.2, 0.25) is 0 Å². The molecule has 0 atom stereocenters. The predicted octanol–water partition coefficient (Wildman–Crippen LogP) is 1.96.